The Bertz CT molecular complexity index is 681. The average Bonchev–Trinajstić information content (AvgIpc) is 2.61. The van der Waals surface area contributed by atoms with Gasteiger partial charge in [-0.15, -0.1) is 0 Å². The highest BCUT2D eigenvalue weighted by Crippen LogP contribution is 2.34. The average molecular weight is 459 g/mol. The standard InChI is InChI=1S/C12H20O5.C7H3Cl2F3/c1-4-16-11(14)12(17-9(2)13)7-5-10(15-3)6-8-12;8-5-1-4(7(10,11)12)2-6(9)3-5/h10H,4-8H2,1-3H3;1-3H. The molecule has 0 amide bonds. The van der Waals surface area contributed by atoms with Crippen LogP contribution in [-0.2, 0) is 30.0 Å². The van der Waals surface area contributed by atoms with Gasteiger partial charge in [-0.05, 0) is 38.0 Å². The lowest BCUT2D eigenvalue weighted by Crippen LogP contribution is -2.48. The van der Waals surface area contributed by atoms with E-state index in [1.807, 2.05) is 0 Å². The van der Waals surface area contributed by atoms with E-state index in [0.717, 1.165) is 12.1 Å². The van der Waals surface area contributed by atoms with Crippen molar-refractivity contribution < 1.29 is 37.0 Å². The van der Waals surface area contributed by atoms with Gasteiger partial charge in [-0.25, -0.2) is 4.79 Å². The number of methoxy groups -OCH3 is 1. The fourth-order valence-electron chi connectivity index (χ4n) is 2.90. The summed E-state index contributed by atoms with van der Waals surface area (Å²) in [6.07, 6.45) is -1.94. The molecule has 0 radical (unpaired) electrons. The molecule has 0 saturated heterocycles. The molecule has 29 heavy (non-hydrogen) atoms. The van der Waals surface area contributed by atoms with Crippen molar-refractivity contribution in [3.05, 3.63) is 33.8 Å². The van der Waals surface area contributed by atoms with E-state index in [-0.39, 0.29) is 22.8 Å². The van der Waals surface area contributed by atoms with Crippen LogP contribution in [0.3, 0.4) is 0 Å². The summed E-state index contributed by atoms with van der Waals surface area (Å²) < 4.78 is 51.5. The lowest BCUT2D eigenvalue weighted by molar-refractivity contribution is -0.188. The van der Waals surface area contributed by atoms with Gasteiger partial charge in [0.15, 0.2) is 0 Å². The number of ether oxygens (including phenoxy) is 3. The molecular weight excluding hydrogens is 436 g/mol. The lowest BCUT2D eigenvalue weighted by atomic mass is 9.83. The Morgan fingerprint density at radius 2 is 1.66 bits per heavy atom. The molecule has 1 aromatic carbocycles. The summed E-state index contributed by atoms with van der Waals surface area (Å²) in [4.78, 5) is 23.0. The van der Waals surface area contributed by atoms with Crippen molar-refractivity contribution in [1.29, 1.82) is 0 Å². The van der Waals surface area contributed by atoms with Crippen molar-refractivity contribution in [3.63, 3.8) is 0 Å². The molecule has 0 aromatic heterocycles. The second-order valence-electron chi connectivity index (χ2n) is 6.40. The first kappa shape index (κ1) is 25.5. The summed E-state index contributed by atoms with van der Waals surface area (Å²) >= 11 is 10.7. The van der Waals surface area contributed by atoms with Crippen LogP contribution in [0.4, 0.5) is 13.2 Å². The number of alkyl halides is 3. The van der Waals surface area contributed by atoms with Crippen molar-refractivity contribution in [1.82, 2.24) is 0 Å². The minimum atomic E-state index is -4.39. The summed E-state index contributed by atoms with van der Waals surface area (Å²) in [6, 6.07) is 2.90. The van der Waals surface area contributed by atoms with Gasteiger partial charge in [0.2, 0.25) is 5.60 Å². The minimum absolute atomic E-state index is 0.0187. The first-order valence-electron chi connectivity index (χ1n) is 8.86. The van der Waals surface area contributed by atoms with Crippen molar-refractivity contribution in [2.45, 2.75) is 57.4 Å². The second-order valence-corrected chi connectivity index (χ2v) is 7.27. The number of carbonyl (C=O) groups is 2. The Hall–Kier alpha value is -1.51. The molecule has 1 aliphatic rings. The van der Waals surface area contributed by atoms with Gasteiger partial charge in [-0.3, -0.25) is 4.79 Å². The molecular formula is C19H23Cl2F3O5. The van der Waals surface area contributed by atoms with Gasteiger partial charge in [0.05, 0.1) is 18.3 Å². The molecule has 0 atom stereocenters. The van der Waals surface area contributed by atoms with E-state index in [4.69, 9.17) is 37.4 Å². The van der Waals surface area contributed by atoms with E-state index in [2.05, 4.69) is 0 Å². The van der Waals surface area contributed by atoms with Crippen LogP contribution in [0.2, 0.25) is 10.0 Å². The number of halogens is 5. The predicted octanol–water partition coefficient (Wildman–Crippen LogP) is 5.45. The highest BCUT2D eigenvalue weighted by molar-refractivity contribution is 6.34. The summed E-state index contributed by atoms with van der Waals surface area (Å²) in [5, 5.41) is -0.0374. The van der Waals surface area contributed by atoms with Crippen LogP contribution in [0.25, 0.3) is 0 Å². The molecule has 0 aliphatic heterocycles. The summed E-state index contributed by atoms with van der Waals surface area (Å²) in [7, 11) is 1.65. The van der Waals surface area contributed by atoms with Crippen molar-refractivity contribution in [2.75, 3.05) is 13.7 Å². The van der Waals surface area contributed by atoms with Gasteiger partial charge in [-0.1, -0.05) is 23.2 Å². The smallest absolute Gasteiger partial charge is 0.416 e. The van der Waals surface area contributed by atoms with Crippen molar-refractivity contribution in [3.8, 4) is 0 Å². The maximum atomic E-state index is 12.0. The van der Waals surface area contributed by atoms with Crippen LogP contribution < -0.4 is 0 Å². The minimum Gasteiger partial charge on any atom is -0.463 e. The Morgan fingerprint density at radius 1 is 1.14 bits per heavy atom. The molecule has 10 heteroatoms. The second kappa shape index (κ2) is 11.0. The molecule has 164 valence electrons. The molecule has 1 fully saturated rings. The van der Waals surface area contributed by atoms with E-state index in [1.54, 1.807) is 14.0 Å². The number of rotatable bonds is 4. The largest absolute Gasteiger partial charge is 0.463 e. The Morgan fingerprint density at radius 3 is 2.03 bits per heavy atom. The zero-order valence-corrected chi connectivity index (χ0v) is 17.8. The fourth-order valence-corrected chi connectivity index (χ4v) is 3.42. The number of carbonyl (C=O) groups excluding carboxylic acids is 2. The Balaban J connectivity index is 0.000000308. The van der Waals surface area contributed by atoms with E-state index < -0.39 is 29.3 Å². The quantitative estimate of drug-likeness (QED) is 0.561. The van der Waals surface area contributed by atoms with Crippen LogP contribution >= 0.6 is 23.2 Å². The van der Waals surface area contributed by atoms with Crippen LogP contribution in [0.5, 0.6) is 0 Å². The van der Waals surface area contributed by atoms with Gasteiger partial charge in [-0.2, -0.15) is 13.2 Å². The third-order valence-corrected chi connectivity index (χ3v) is 4.69. The SMILES string of the molecule is CCOC(=O)C1(OC(C)=O)CCC(OC)CC1.FC(F)(F)c1cc(Cl)cc(Cl)c1. The zero-order valence-electron chi connectivity index (χ0n) is 16.3. The Labute approximate surface area is 177 Å². The van der Waals surface area contributed by atoms with Crippen LogP contribution in [0.15, 0.2) is 18.2 Å². The third-order valence-electron chi connectivity index (χ3n) is 4.25. The first-order chi connectivity index (χ1) is 13.4. The number of hydrogen-bond acceptors (Lipinski definition) is 5. The molecule has 0 unspecified atom stereocenters. The summed E-state index contributed by atoms with van der Waals surface area (Å²) in [5.41, 5.74) is -1.93. The fraction of sp³-hybridized carbons (Fsp3) is 0.579. The molecule has 1 aliphatic carbocycles. The third kappa shape index (κ3) is 8.03. The van der Waals surface area contributed by atoms with Gasteiger partial charge in [0, 0.05) is 36.9 Å². The molecule has 0 N–H and O–H groups in total. The van der Waals surface area contributed by atoms with Crippen LogP contribution in [0, 0.1) is 0 Å². The maximum absolute atomic E-state index is 12.0. The van der Waals surface area contributed by atoms with Gasteiger partial charge in [0.25, 0.3) is 0 Å². The highest BCUT2D eigenvalue weighted by atomic mass is 35.5. The molecule has 0 bridgehead atoms. The normalized spacial score (nSPS) is 21.6. The van der Waals surface area contributed by atoms with E-state index in [9.17, 15) is 22.8 Å². The number of hydrogen-bond donors (Lipinski definition) is 0. The number of esters is 2. The lowest BCUT2D eigenvalue weighted by Gasteiger charge is -2.36. The summed E-state index contributed by atoms with van der Waals surface area (Å²) in [5.74, 6) is -0.890. The summed E-state index contributed by atoms with van der Waals surface area (Å²) in [6.45, 7) is 3.33. The van der Waals surface area contributed by atoms with Gasteiger partial charge >= 0.3 is 18.1 Å². The van der Waals surface area contributed by atoms with Crippen LogP contribution in [-0.4, -0.2) is 37.4 Å². The monoisotopic (exact) mass is 458 g/mol. The van der Waals surface area contributed by atoms with E-state index in [0.29, 0.717) is 25.7 Å². The van der Waals surface area contributed by atoms with Crippen LogP contribution in [0.1, 0.15) is 45.1 Å². The molecule has 1 aromatic rings. The zero-order chi connectivity index (χ0) is 22.2. The molecule has 1 saturated carbocycles. The van der Waals surface area contributed by atoms with E-state index in [1.165, 1.54) is 13.0 Å². The van der Waals surface area contributed by atoms with Crippen molar-refractivity contribution in [2.24, 2.45) is 0 Å². The molecule has 0 heterocycles. The van der Waals surface area contributed by atoms with Gasteiger partial charge in [0.1, 0.15) is 0 Å². The molecule has 0 spiro atoms. The molecule has 5 nitrogen and oxygen atoms in total. The van der Waals surface area contributed by atoms with Gasteiger partial charge < -0.3 is 14.2 Å². The van der Waals surface area contributed by atoms with E-state index >= 15 is 0 Å². The first-order valence-corrected chi connectivity index (χ1v) is 9.62. The Kier molecular flexibility index (Phi) is 9.71. The molecule has 2 rings (SSSR count). The predicted molar refractivity (Wildman–Crippen MR) is 102 cm³/mol. The van der Waals surface area contributed by atoms with Crippen molar-refractivity contribution >= 4 is 35.1 Å². The highest BCUT2D eigenvalue weighted by Gasteiger charge is 2.46. The number of benzene rings is 1. The maximum Gasteiger partial charge on any atom is 0.416 e. The topological polar surface area (TPSA) is 61.8 Å².